The summed E-state index contributed by atoms with van der Waals surface area (Å²) in [7, 11) is 0. The molecule has 3 atom stereocenters. The van der Waals surface area contributed by atoms with Gasteiger partial charge in [-0.15, -0.1) is 0 Å². The Kier molecular flexibility index (Phi) is 4.87. The van der Waals surface area contributed by atoms with Crippen LogP contribution in [0.5, 0.6) is 0 Å². The van der Waals surface area contributed by atoms with Crippen LogP contribution in [0.1, 0.15) is 42.5 Å². The minimum absolute atomic E-state index is 0.147. The van der Waals surface area contributed by atoms with E-state index in [-0.39, 0.29) is 18.4 Å². The Morgan fingerprint density at radius 1 is 0.885 bits per heavy atom. The minimum Gasteiger partial charge on any atom is -0.457 e. The lowest BCUT2D eigenvalue weighted by Crippen LogP contribution is -2.19. The summed E-state index contributed by atoms with van der Waals surface area (Å²) in [6, 6.07) is 17.5. The molecule has 4 rings (SSSR count). The van der Waals surface area contributed by atoms with Crippen LogP contribution in [0.3, 0.4) is 0 Å². The fourth-order valence-electron chi connectivity index (χ4n) is 4.61. The standard InChI is InChI=1S/C23H24O3/c24-22(15-26-23(25)14-21-13-16-6-7-20(21)12-16)19-10-8-18(9-11-19)17-4-2-1-3-5-17/h1-5,8-11,16,20-21H,6-7,12-15H2. The molecule has 0 aliphatic heterocycles. The third-order valence-corrected chi connectivity index (χ3v) is 5.99. The first kappa shape index (κ1) is 17.0. The number of carbonyl (C=O) groups excluding carboxylic acids is 2. The molecular formula is C23H24O3. The molecular weight excluding hydrogens is 324 g/mol. The van der Waals surface area contributed by atoms with Gasteiger partial charge >= 0.3 is 5.97 Å². The van der Waals surface area contributed by atoms with E-state index in [9.17, 15) is 9.59 Å². The van der Waals surface area contributed by atoms with Crippen molar-refractivity contribution in [3.63, 3.8) is 0 Å². The maximum Gasteiger partial charge on any atom is 0.306 e. The second-order valence-electron chi connectivity index (χ2n) is 7.67. The van der Waals surface area contributed by atoms with Crippen molar-refractivity contribution in [1.29, 1.82) is 0 Å². The predicted molar refractivity (Wildman–Crippen MR) is 101 cm³/mol. The lowest BCUT2D eigenvalue weighted by atomic mass is 9.86. The number of Topliss-reactive ketones (excluding diaryl/α,β-unsaturated/α-hetero) is 1. The van der Waals surface area contributed by atoms with E-state index in [1.807, 2.05) is 42.5 Å². The molecule has 0 spiro atoms. The molecule has 2 saturated carbocycles. The molecule has 3 nitrogen and oxygen atoms in total. The van der Waals surface area contributed by atoms with Crippen LogP contribution in [0.25, 0.3) is 11.1 Å². The first-order valence-electron chi connectivity index (χ1n) is 9.53. The van der Waals surface area contributed by atoms with Gasteiger partial charge in [0.05, 0.1) is 0 Å². The predicted octanol–water partition coefficient (Wildman–Crippen LogP) is 4.91. The SMILES string of the molecule is O=C(CC1CC2CCC1C2)OCC(=O)c1ccc(-c2ccccc2)cc1. The zero-order chi connectivity index (χ0) is 17.9. The average molecular weight is 348 g/mol. The van der Waals surface area contributed by atoms with Gasteiger partial charge in [-0.2, -0.15) is 0 Å². The van der Waals surface area contributed by atoms with Gasteiger partial charge in [-0.25, -0.2) is 0 Å². The lowest BCUT2D eigenvalue weighted by Gasteiger charge is -2.20. The van der Waals surface area contributed by atoms with Crippen LogP contribution in [0.2, 0.25) is 0 Å². The highest BCUT2D eigenvalue weighted by molar-refractivity contribution is 5.98. The normalized spacial score (nSPS) is 23.8. The Morgan fingerprint density at radius 3 is 2.27 bits per heavy atom. The summed E-state index contributed by atoms with van der Waals surface area (Å²) in [5.74, 6) is 1.63. The van der Waals surface area contributed by atoms with Crippen LogP contribution < -0.4 is 0 Å². The molecule has 2 aromatic rings. The Balaban J connectivity index is 1.28. The molecule has 0 aromatic heterocycles. The first-order valence-corrected chi connectivity index (χ1v) is 9.53. The van der Waals surface area contributed by atoms with Crippen LogP contribution in [0.4, 0.5) is 0 Å². The molecule has 0 heterocycles. The van der Waals surface area contributed by atoms with E-state index in [1.165, 1.54) is 19.3 Å². The Bertz CT molecular complexity index is 779. The van der Waals surface area contributed by atoms with Crippen molar-refractivity contribution in [2.24, 2.45) is 17.8 Å². The summed E-state index contributed by atoms with van der Waals surface area (Å²) in [5, 5.41) is 0. The maximum atomic E-state index is 12.3. The van der Waals surface area contributed by atoms with Crippen molar-refractivity contribution in [2.45, 2.75) is 32.1 Å². The molecule has 3 unspecified atom stereocenters. The molecule has 0 amide bonds. The number of benzene rings is 2. The summed E-state index contributed by atoms with van der Waals surface area (Å²) in [6.45, 7) is -0.162. The van der Waals surface area contributed by atoms with Gasteiger partial charge in [0.15, 0.2) is 12.4 Å². The highest BCUT2D eigenvalue weighted by Gasteiger charge is 2.40. The summed E-state index contributed by atoms with van der Waals surface area (Å²) < 4.78 is 5.25. The second-order valence-corrected chi connectivity index (χ2v) is 7.67. The molecule has 0 radical (unpaired) electrons. The summed E-state index contributed by atoms with van der Waals surface area (Å²) in [4.78, 5) is 24.4. The van der Waals surface area contributed by atoms with E-state index in [2.05, 4.69) is 0 Å². The van der Waals surface area contributed by atoms with Crippen molar-refractivity contribution in [3.8, 4) is 11.1 Å². The van der Waals surface area contributed by atoms with Crippen molar-refractivity contribution >= 4 is 11.8 Å². The zero-order valence-corrected chi connectivity index (χ0v) is 14.9. The van der Waals surface area contributed by atoms with Crippen LogP contribution in [-0.2, 0) is 9.53 Å². The smallest absolute Gasteiger partial charge is 0.306 e. The fraction of sp³-hybridized carbons (Fsp3) is 0.391. The number of fused-ring (bicyclic) bond motifs is 2. The molecule has 0 saturated heterocycles. The van der Waals surface area contributed by atoms with Crippen LogP contribution in [0, 0.1) is 17.8 Å². The highest BCUT2D eigenvalue weighted by atomic mass is 16.5. The summed E-state index contributed by atoms with van der Waals surface area (Å²) >= 11 is 0. The third kappa shape index (κ3) is 3.72. The summed E-state index contributed by atoms with van der Waals surface area (Å²) in [5.41, 5.74) is 2.76. The zero-order valence-electron chi connectivity index (χ0n) is 14.9. The maximum absolute atomic E-state index is 12.3. The number of esters is 1. The number of hydrogen-bond acceptors (Lipinski definition) is 3. The molecule has 3 heteroatoms. The van der Waals surface area contributed by atoms with Crippen molar-refractivity contribution in [3.05, 3.63) is 60.2 Å². The van der Waals surface area contributed by atoms with E-state index in [0.717, 1.165) is 23.5 Å². The van der Waals surface area contributed by atoms with Gasteiger partial charge in [0.25, 0.3) is 0 Å². The van der Waals surface area contributed by atoms with Gasteiger partial charge in [0.2, 0.25) is 0 Å². The molecule has 134 valence electrons. The second kappa shape index (κ2) is 7.45. The van der Waals surface area contributed by atoms with Gasteiger partial charge in [-0.05, 0) is 48.1 Å². The van der Waals surface area contributed by atoms with E-state index < -0.39 is 0 Å². The fourth-order valence-corrected chi connectivity index (χ4v) is 4.61. The quantitative estimate of drug-likeness (QED) is 0.550. The Morgan fingerprint density at radius 2 is 1.62 bits per heavy atom. The molecule has 2 aliphatic carbocycles. The van der Waals surface area contributed by atoms with Crippen molar-refractivity contribution in [2.75, 3.05) is 6.61 Å². The highest BCUT2D eigenvalue weighted by Crippen LogP contribution is 2.49. The number of ether oxygens (including phenoxy) is 1. The summed E-state index contributed by atoms with van der Waals surface area (Å²) in [6.07, 6.45) is 5.50. The van der Waals surface area contributed by atoms with Crippen molar-refractivity contribution in [1.82, 2.24) is 0 Å². The van der Waals surface area contributed by atoms with Gasteiger partial charge in [-0.1, -0.05) is 61.0 Å². The Hall–Kier alpha value is -2.42. The van der Waals surface area contributed by atoms with Crippen molar-refractivity contribution < 1.29 is 14.3 Å². The first-order chi connectivity index (χ1) is 12.7. The van der Waals surface area contributed by atoms with E-state index >= 15 is 0 Å². The van der Waals surface area contributed by atoms with Gasteiger partial charge in [0, 0.05) is 12.0 Å². The lowest BCUT2D eigenvalue weighted by molar-refractivity contribution is -0.144. The third-order valence-electron chi connectivity index (χ3n) is 5.99. The molecule has 0 N–H and O–H groups in total. The number of carbonyl (C=O) groups is 2. The van der Waals surface area contributed by atoms with E-state index in [1.54, 1.807) is 12.1 Å². The number of rotatable bonds is 6. The van der Waals surface area contributed by atoms with Crippen LogP contribution >= 0.6 is 0 Å². The monoisotopic (exact) mass is 348 g/mol. The van der Waals surface area contributed by atoms with Gasteiger partial charge in [-0.3, -0.25) is 9.59 Å². The van der Waals surface area contributed by atoms with Gasteiger partial charge < -0.3 is 4.74 Å². The average Bonchev–Trinajstić information content (AvgIpc) is 3.30. The number of hydrogen-bond donors (Lipinski definition) is 0. The molecule has 2 aliphatic rings. The van der Waals surface area contributed by atoms with E-state index in [0.29, 0.717) is 23.8 Å². The number of ketones is 1. The Labute approximate surface area is 154 Å². The molecule has 2 bridgehead atoms. The van der Waals surface area contributed by atoms with Crippen LogP contribution in [-0.4, -0.2) is 18.4 Å². The minimum atomic E-state index is -0.225. The van der Waals surface area contributed by atoms with Gasteiger partial charge in [0.1, 0.15) is 0 Å². The topological polar surface area (TPSA) is 43.4 Å². The molecule has 2 fully saturated rings. The largest absolute Gasteiger partial charge is 0.457 e. The molecule has 26 heavy (non-hydrogen) atoms. The molecule has 2 aromatic carbocycles. The van der Waals surface area contributed by atoms with Crippen LogP contribution in [0.15, 0.2) is 54.6 Å². The van der Waals surface area contributed by atoms with E-state index in [4.69, 9.17) is 4.74 Å².